The van der Waals surface area contributed by atoms with Crippen LogP contribution in [-0.2, 0) is 6.61 Å². The van der Waals surface area contributed by atoms with E-state index in [-0.39, 0.29) is 12.4 Å². The highest BCUT2D eigenvalue weighted by Gasteiger charge is 2.07. The van der Waals surface area contributed by atoms with Crippen molar-refractivity contribution < 1.29 is 14.2 Å². The average molecular weight is 332 g/mol. The maximum Gasteiger partial charge on any atom is 0.166 e. The fourth-order valence-corrected chi connectivity index (χ4v) is 1.97. The van der Waals surface area contributed by atoms with Crippen molar-refractivity contribution >= 4 is 27.5 Å². The fourth-order valence-electron chi connectivity index (χ4n) is 1.40. The van der Waals surface area contributed by atoms with Crippen molar-refractivity contribution in [2.24, 2.45) is 0 Å². The van der Waals surface area contributed by atoms with Gasteiger partial charge in [-0.3, -0.25) is 0 Å². The lowest BCUT2D eigenvalue weighted by Gasteiger charge is -2.08. The smallest absolute Gasteiger partial charge is 0.166 e. The Hall–Kier alpha value is -1.10. The summed E-state index contributed by atoms with van der Waals surface area (Å²) in [6.07, 6.45) is 0. The minimum Gasteiger partial charge on any atom is -0.454 e. The number of halogens is 3. The Labute approximate surface area is 117 Å². The molecule has 0 atom stereocenters. The van der Waals surface area contributed by atoms with Crippen molar-refractivity contribution in [3.8, 4) is 11.5 Å². The Balaban J connectivity index is 2.26. The lowest BCUT2D eigenvalue weighted by Crippen LogP contribution is -1.90. The first-order valence-corrected chi connectivity index (χ1v) is 6.29. The molecule has 0 fully saturated rings. The van der Waals surface area contributed by atoms with Crippen LogP contribution in [0.25, 0.3) is 0 Å². The van der Waals surface area contributed by atoms with Crippen molar-refractivity contribution in [3.05, 3.63) is 57.3 Å². The number of aliphatic hydroxyl groups is 1. The van der Waals surface area contributed by atoms with Gasteiger partial charge in [-0.15, -0.1) is 0 Å². The number of hydrogen-bond acceptors (Lipinski definition) is 2. The number of benzene rings is 2. The first-order valence-electron chi connectivity index (χ1n) is 5.12. The van der Waals surface area contributed by atoms with E-state index in [2.05, 4.69) is 15.9 Å². The molecule has 0 aliphatic rings. The van der Waals surface area contributed by atoms with E-state index in [1.54, 1.807) is 18.2 Å². The molecule has 0 amide bonds. The van der Waals surface area contributed by atoms with E-state index in [1.165, 1.54) is 18.2 Å². The van der Waals surface area contributed by atoms with E-state index in [0.29, 0.717) is 20.8 Å². The Bertz CT molecular complexity index is 575. The van der Waals surface area contributed by atoms with Gasteiger partial charge < -0.3 is 9.84 Å². The van der Waals surface area contributed by atoms with Crippen LogP contribution >= 0.6 is 27.5 Å². The summed E-state index contributed by atoms with van der Waals surface area (Å²) in [6, 6.07) is 9.32. The van der Waals surface area contributed by atoms with E-state index in [0.717, 1.165) is 0 Å². The van der Waals surface area contributed by atoms with E-state index >= 15 is 0 Å². The number of ether oxygens (including phenoxy) is 1. The minimum absolute atomic E-state index is 0.117. The summed E-state index contributed by atoms with van der Waals surface area (Å²) in [6.45, 7) is -0.147. The molecule has 0 aromatic heterocycles. The van der Waals surface area contributed by atoms with Gasteiger partial charge in [0.25, 0.3) is 0 Å². The van der Waals surface area contributed by atoms with E-state index in [9.17, 15) is 4.39 Å². The standard InChI is InChI=1S/C13H9BrClFO2/c14-9-2-4-13(12(16)5-9)18-10-3-1-8(7-17)11(15)6-10/h1-6,17H,7H2. The Kier molecular flexibility index (Phi) is 4.22. The normalized spacial score (nSPS) is 10.4. The molecular weight excluding hydrogens is 322 g/mol. The van der Waals surface area contributed by atoms with Crippen molar-refractivity contribution in [2.45, 2.75) is 6.61 Å². The van der Waals surface area contributed by atoms with Gasteiger partial charge >= 0.3 is 0 Å². The quantitative estimate of drug-likeness (QED) is 0.895. The molecule has 2 aromatic rings. The summed E-state index contributed by atoms with van der Waals surface area (Å²) in [5, 5.41) is 9.37. The zero-order chi connectivity index (χ0) is 13.1. The number of rotatable bonds is 3. The summed E-state index contributed by atoms with van der Waals surface area (Å²) in [7, 11) is 0. The third kappa shape index (κ3) is 3.02. The molecule has 2 nitrogen and oxygen atoms in total. The maximum absolute atomic E-state index is 13.6. The Morgan fingerprint density at radius 2 is 2.00 bits per heavy atom. The molecule has 0 radical (unpaired) electrons. The van der Waals surface area contributed by atoms with Gasteiger partial charge in [0.1, 0.15) is 5.75 Å². The average Bonchev–Trinajstić information content (AvgIpc) is 2.33. The molecule has 0 saturated heterocycles. The van der Waals surface area contributed by atoms with Crippen molar-refractivity contribution in [1.82, 2.24) is 0 Å². The number of hydrogen-bond donors (Lipinski definition) is 1. The van der Waals surface area contributed by atoms with Crippen LogP contribution < -0.4 is 4.74 Å². The van der Waals surface area contributed by atoms with Gasteiger partial charge in [0.05, 0.1) is 6.61 Å². The maximum atomic E-state index is 13.6. The topological polar surface area (TPSA) is 29.5 Å². The van der Waals surface area contributed by atoms with Crippen molar-refractivity contribution in [3.63, 3.8) is 0 Å². The monoisotopic (exact) mass is 330 g/mol. The van der Waals surface area contributed by atoms with Crippen LogP contribution in [0.1, 0.15) is 5.56 Å². The fraction of sp³-hybridized carbons (Fsp3) is 0.0769. The summed E-state index contributed by atoms with van der Waals surface area (Å²) in [5.41, 5.74) is 0.597. The van der Waals surface area contributed by atoms with Gasteiger partial charge in [0.15, 0.2) is 11.6 Å². The van der Waals surface area contributed by atoms with Gasteiger partial charge in [-0.05, 0) is 35.9 Å². The summed E-state index contributed by atoms with van der Waals surface area (Å²) in [4.78, 5) is 0. The van der Waals surface area contributed by atoms with Gasteiger partial charge in [-0.2, -0.15) is 0 Å². The van der Waals surface area contributed by atoms with Crippen LogP contribution in [0.5, 0.6) is 11.5 Å². The van der Waals surface area contributed by atoms with Crippen LogP contribution in [0.2, 0.25) is 5.02 Å². The lowest BCUT2D eigenvalue weighted by atomic mass is 10.2. The van der Waals surface area contributed by atoms with Crippen LogP contribution in [0.4, 0.5) is 4.39 Å². The zero-order valence-electron chi connectivity index (χ0n) is 9.16. The van der Waals surface area contributed by atoms with Crippen LogP contribution in [0.15, 0.2) is 40.9 Å². The molecule has 2 rings (SSSR count). The van der Waals surface area contributed by atoms with Crippen LogP contribution in [0.3, 0.4) is 0 Å². The molecule has 94 valence electrons. The molecule has 0 unspecified atom stereocenters. The highest BCUT2D eigenvalue weighted by molar-refractivity contribution is 9.10. The molecule has 18 heavy (non-hydrogen) atoms. The number of aliphatic hydroxyl groups excluding tert-OH is 1. The molecular formula is C13H9BrClFO2. The summed E-state index contributed by atoms with van der Waals surface area (Å²) < 4.78 is 19.6. The van der Waals surface area contributed by atoms with E-state index in [1.807, 2.05) is 0 Å². The summed E-state index contributed by atoms with van der Waals surface area (Å²) >= 11 is 9.09. The molecule has 0 aliphatic heterocycles. The first-order chi connectivity index (χ1) is 8.60. The second-order valence-corrected chi connectivity index (χ2v) is 4.91. The minimum atomic E-state index is -0.466. The van der Waals surface area contributed by atoms with Crippen LogP contribution in [0, 0.1) is 5.82 Å². The zero-order valence-corrected chi connectivity index (χ0v) is 11.5. The molecule has 0 heterocycles. The second-order valence-electron chi connectivity index (χ2n) is 3.59. The van der Waals surface area contributed by atoms with Gasteiger partial charge in [-0.25, -0.2) is 4.39 Å². The van der Waals surface area contributed by atoms with Gasteiger partial charge in [-0.1, -0.05) is 33.6 Å². The molecule has 0 saturated carbocycles. The highest BCUT2D eigenvalue weighted by Crippen LogP contribution is 2.29. The summed E-state index contributed by atoms with van der Waals surface area (Å²) in [5.74, 6) is 0.0659. The van der Waals surface area contributed by atoms with E-state index < -0.39 is 5.82 Å². The Morgan fingerprint density at radius 1 is 1.22 bits per heavy atom. The third-order valence-electron chi connectivity index (χ3n) is 2.32. The predicted molar refractivity (Wildman–Crippen MR) is 71.5 cm³/mol. The second kappa shape index (κ2) is 5.69. The molecule has 1 N–H and O–H groups in total. The molecule has 2 aromatic carbocycles. The molecule has 5 heteroatoms. The van der Waals surface area contributed by atoms with Crippen molar-refractivity contribution in [1.29, 1.82) is 0 Å². The molecule has 0 aliphatic carbocycles. The SMILES string of the molecule is OCc1ccc(Oc2ccc(Br)cc2F)cc1Cl. The first kappa shape index (κ1) is 13.3. The molecule has 0 bridgehead atoms. The van der Waals surface area contributed by atoms with E-state index in [4.69, 9.17) is 21.4 Å². The van der Waals surface area contributed by atoms with Crippen LogP contribution in [-0.4, -0.2) is 5.11 Å². The van der Waals surface area contributed by atoms with Crippen molar-refractivity contribution in [2.75, 3.05) is 0 Å². The van der Waals surface area contributed by atoms with Gasteiger partial charge in [0, 0.05) is 9.50 Å². The highest BCUT2D eigenvalue weighted by atomic mass is 79.9. The molecule has 0 spiro atoms. The van der Waals surface area contributed by atoms with Gasteiger partial charge in [0.2, 0.25) is 0 Å². The lowest BCUT2D eigenvalue weighted by molar-refractivity contribution is 0.282. The predicted octanol–water partition coefficient (Wildman–Crippen LogP) is 4.53. The third-order valence-corrected chi connectivity index (χ3v) is 3.16. The largest absolute Gasteiger partial charge is 0.454 e. The Morgan fingerprint density at radius 3 is 2.61 bits per heavy atom.